The Morgan fingerprint density at radius 3 is 2.94 bits per heavy atom. The van der Waals surface area contributed by atoms with E-state index in [2.05, 4.69) is 30.4 Å². The van der Waals surface area contributed by atoms with Gasteiger partial charge in [0.25, 0.3) is 0 Å². The molecule has 1 heterocycles. The summed E-state index contributed by atoms with van der Waals surface area (Å²) < 4.78 is 5.38. The predicted molar refractivity (Wildman–Crippen MR) is 61.9 cm³/mol. The number of esters is 1. The third kappa shape index (κ3) is 1.54. The molecule has 0 amide bonds. The van der Waals surface area contributed by atoms with Gasteiger partial charge in [0.15, 0.2) is 0 Å². The number of ether oxygens (including phenoxy) is 1. The highest BCUT2D eigenvalue weighted by atomic mass is 16.5. The van der Waals surface area contributed by atoms with E-state index < -0.39 is 0 Å². The average Bonchev–Trinajstić information content (AvgIpc) is 2.75. The Morgan fingerprint density at radius 1 is 1.25 bits per heavy atom. The summed E-state index contributed by atoms with van der Waals surface area (Å²) in [5.41, 5.74) is 2.59. The summed E-state index contributed by atoms with van der Waals surface area (Å²) in [4.78, 5) is 11.2. The topological polar surface area (TPSA) is 26.3 Å². The lowest BCUT2D eigenvalue weighted by Gasteiger charge is -2.26. The zero-order valence-corrected chi connectivity index (χ0v) is 9.06. The Morgan fingerprint density at radius 2 is 2.12 bits per heavy atom. The van der Waals surface area contributed by atoms with Gasteiger partial charge in [-0.2, -0.15) is 0 Å². The van der Waals surface area contributed by atoms with E-state index in [0.29, 0.717) is 12.3 Å². The Balaban J connectivity index is 1.92. The van der Waals surface area contributed by atoms with E-state index >= 15 is 0 Å². The quantitative estimate of drug-likeness (QED) is 0.672. The largest absolute Gasteiger partial charge is 0.462 e. The first-order valence-electron chi connectivity index (χ1n) is 5.79. The van der Waals surface area contributed by atoms with Gasteiger partial charge in [-0.25, -0.2) is 0 Å². The summed E-state index contributed by atoms with van der Waals surface area (Å²) in [6.07, 6.45) is 6.84. The predicted octanol–water partition coefficient (Wildman–Crippen LogP) is 2.89. The van der Waals surface area contributed by atoms with Crippen LogP contribution in [0, 0.1) is 0 Å². The van der Waals surface area contributed by atoms with Gasteiger partial charge < -0.3 is 4.74 Å². The minimum atomic E-state index is -0.0444. The number of carbonyl (C=O) groups is 1. The highest BCUT2D eigenvalue weighted by Gasteiger charge is 2.33. The second-order valence-electron chi connectivity index (χ2n) is 4.44. The summed E-state index contributed by atoms with van der Waals surface area (Å²) in [6, 6.07) is 8.37. The Bertz CT molecular complexity index is 448. The summed E-state index contributed by atoms with van der Waals surface area (Å²) >= 11 is 0. The van der Waals surface area contributed by atoms with Crippen molar-refractivity contribution >= 4 is 12.0 Å². The average molecular weight is 214 g/mol. The molecule has 0 N–H and O–H groups in total. The second-order valence-corrected chi connectivity index (χ2v) is 4.44. The maximum atomic E-state index is 11.2. The van der Waals surface area contributed by atoms with Gasteiger partial charge in [0.05, 0.1) is 0 Å². The molecule has 3 rings (SSSR count). The number of hydrogen-bond acceptors (Lipinski definition) is 2. The molecule has 1 aliphatic heterocycles. The van der Waals surface area contributed by atoms with Crippen LogP contribution in [-0.2, 0) is 9.53 Å². The monoisotopic (exact) mass is 214 g/mol. The number of benzene rings is 1. The molecule has 2 aliphatic rings. The highest BCUT2D eigenvalue weighted by molar-refractivity contribution is 5.72. The fourth-order valence-corrected chi connectivity index (χ4v) is 2.65. The van der Waals surface area contributed by atoms with Gasteiger partial charge in [-0.3, -0.25) is 4.79 Å². The number of rotatable bonds is 1. The molecule has 1 aliphatic carbocycles. The minimum Gasteiger partial charge on any atom is -0.462 e. The highest BCUT2D eigenvalue weighted by Crippen LogP contribution is 2.37. The first-order chi connectivity index (χ1) is 7.84. The van der Waals surface area contributed by atoms with Crippen LogP contribution in [0.15, 0.2) is 30.3 Å². The SMILES string of the molecule is O=C1CCC(C2CC=Cc3ccccc32)O1. The van der Waals surface area contributed by atoms with Crippen molar-refractivity contribution in [2.24, 2.45) is 0 Å². The fourth-order valence-electron chi connectivity index (χ4n) is 2.65. The van der Waals surface area contributed by atoms with Gasteiger partial charge >= 0.3 is 5.97 Å². The normalized spacial score (nSPS) is 27.6. The van der Waals surface area contributed by atoms with Crippen molar-refractivity contribution in [2.45, 2.75) is 31.3 Å². The molecule has 2 unspecified atom stereocenters. The maximum Gasteiger partial charge on any atom is 0.306 e. The fraction of sp³-hybridized carbons (Fsp3) is 0.357. The number of cyclic esters (lactones) is 1. The molecule has 1 aromatic rings. The molecule has 1 saturated heterocycles. The minimum absolute atomic E-state index is 0.0444. The summed E-state index contributed by atoms with van der Waals surface area (Å²) in [5, 5.41) is 0. The molecule has 82 valence electrons. The molecule has 0 aromatic heterocycles. The molecular weight excluding hydrogens is 200 g/mol. The lowest BCUT2D eigenvalue weighted by molar-refractivity contribution is -0.142. The van der Waals surface area contributed by atoms with E-state index in [9.17, 15) is 4.79 Å². The van der Waals surface area contributed by atoms with Gasteiger partial charge in [-0.15, -0.1) is 0 Å². The molecule has 0 bridgehead atoms. The van der Waals surface area contributed by atoms with Crippen LogP contribution in [0.5, 0.6) is 0 Å². The number of allylic oxidation sites excluding steroid dienone is 1. The first kappa shape index (κ1) is 9.64. The molecule has 2 nitrogen and oxygen atoms in total. The Labute approximate surface area is 94.9 Å². The molecule has 1 aromatic carbocycles. The summed E-state index contributed by atoms with van der Waals surface area (Å²) in [5.74, 6) is 0.310. The van der Waals surface area contributed by atoms with Crippen molar-refractivity contribution in [3.05, 3.63) is 41.5 Å². The molecular formula is C14H14O2. The molecule has 1 fully saturated rings. The molecule has 0 spiro atoms. The first-order valence-corrected chi connectivity index (χ1v) is 5.79. The molecule has 0 saturated carbocycles. The van der Waals surface area contributed by atoms with Crippen molar-refractivity contribution in [3.63, 3.8) is 0 Å². The van der Waals surface area contributed by atoms with Gasteiger partial charge in [0.1, 0.15) is 6.10 Å². The van der Waals surface area contributed by atoms with E-state index in [1.165, 1.54) is 11.1 Å². The standard InChI is InChI=1S/C14H14O2/c15-14-9-8-13(16-14)12-7-3-5-10-4-1-2-6-11(10)12/h1-6,12-13H,7-9H2. The van der Waals surface area contributed by atoms with Crippen molar-refractivity contribution in [2.75, 3.05) is 0 Å². The van der Waals surface area contributed by atoms with Gasteiger partial charge in [0, 0.05) is 12.3 Å². The van der Waals surface area contributed by atoms with Gasteiger partial charge in [0.2, 0.25) is 0 Å². The third-order valence-electron chi connectivity index (χ3n) is 3.45. The summed E-state index contributed by atoms with van der Waals surface area (Å²) in [7, 11) is 0. The van der Waals surface area contributed by atoms with Crippen molar-refractivity contribution < 1.29 is 9.53 Å². The lowest BCUT2D eigenvalue weighted by Crippen LogP contribution is -2.20. The summed E-state index contributed by atoms with van der Waals surface area (Å²) in [6.45, 7) is 0. The molecule has 2 heteroatoms. The molecule has 2 atom stereocenters. The van der Waals surface area contributed by atoms with Crippen LogP contribution in [0.2, 0.25) is 0 Å². The van der Waals surface area contributed by atoms with E-state index in [1.54, 1.807) is 0 Å². The van der Waals surface area contributed by atoms with Crippen LogP contribution < -0.4 is 0 Å². The van der Waals surface area contributed by atoms with Crippen molar-refractivity contribution in [1.29, 1.82) is 0 Å². The number of hydrogen-bond donors (Lipinski definition) is 0. The third-order valence-corrected chi connectivity index (χ3v) is 3.45. The van der Waals surface area contributed by atoms with Crippen LogP contribution in [0.1, 0.15) is 36.3 Å². The maximum absolute atomic E-state index is 11.2. The smallest absolute Gasteiger partial charge is 0.306 e. The van der Waals surface area contributed by atoms with Crippen molar-refractivity contribution in [3.8, 4) is 0 Å². The van der Waals surface area contributed by atoms with Gasteiger partial charge in [-0.05, 0) is 24.0 Å². The van der Waals surface area contributed by atoms with E-state index in [1.807, 2.05) is 6.07 Å². The number of fused-ring (bicyclic) bond motifs is 1. The Kier molecular flexibility index (Phi) is 2.28. The lowest BCUT2D eigenvalue weighted by atomic mass is 9.82. The van der Waals surface area contributed by atoms with E-state index in [0.717, 1.165) is 12.8 Å². The van der Waals surface area contributed by atoms with E-state index in [-0.39, 0.29) is 12.1 Å². The zero-order chi connectivity index (χ0) is 11.0. The van der Waals surface area contributed by atoms with Crippen molar-refractivity contribution in [1.82, 2.24) is 0 Å². The van der Waals surface area contributed by atoms with Crippen LogP contribution in [0.3, 0.4) is 0 Å². The Hall–Kier alpha value is -1.57. The zero-order valence-electron chi connectivity index (χ0n) is 9.06. The number of carbonyl (C=O) groups excluding carboxylic acids is 1. The van der Waals surface area contributed by atoms with Crippen LogP contribution in [0.25, 0.3) is 6.08 Å². The van der Waals surface area contributed by atoms with E-state index in [4.69, 9.17) is 4.74 Å². The molecule has 16 heavy (non-hydrogen) atoms. The second kappa shape index (κ2) is 3.78. The molecule has 0 radical (unpaired) electrons. The van der Waals surface area contributed by atoms with Crippen LogP contribution >= 0.6 is 0 Å². The van der Waals surface area contributed by atoms with Crippen LogP contribution in [-0.4, -0.2) is 12.1 Å². The van der Waals surface area contributed by atoms with Crippen LogP contribution in [0.4, 0.5) is 0 Å². The van der Waals surface area contributed by atoms with Gasteiger partial charge in [-0.1, -0.05) is 36.4 Å².